The maximum atomic E-state index is 12.4. The Morgan fingerprint density at radius 2 is 2.12 bits per heavy atom. The van der Waals surface area contributed by atoms with Crippen molar-refractivity contribution < 1.29 is 4.79 Å². The zero-order valence-corrected chi connectivity index (χ0v) is 10.6. The normalized spacial score (nSPS) is 14.2. The molecule has 0 saturated carbocycles. The topological polar surface area (TPSA) is 32.3 Å². The van der Waals surface area contributed by atoms with Gasteiger partial charge in [-0.3, -0.25) is 4.79 Å². The summed E-state index contributed by atoms with van der Waals surface area (Å²) in [4.78, 5) is 14.3. The number of benzene rings is 1. The lowest BCUT2D eigenvalue weighted by atomic mass is 9.95. The molecule has 0 atom stereocenters. The SMILES string of the molecule is CCN(CC)C(=O)c1cccc2c1CCNC2. The van der Waals surface area contributed by atoms with Crippen molar-refractivity contribution in [1.29, 1.82) is 0 Å². The van der Waals surface area contributed by atoms with E-state index in [-0.39, 0.29) is 5.91 Å². The number of nitrogens with zero attached hydrogens (tertiary/aromatic N) is 1. The number of rotatable bonds is 3. The molecule has 2 rings (SSSR count). The van der Waals surface area contributed by atoms with Gasteiger partial charge in [0.05, 0.1) is 0 Å². The van der Waals surface area contributed by atoms with Crippen LogP contribution in [0.15, 0.2) is 18.2 Å². The molecule has 1 heterocycles. The molecule has 0 fully saturated rings. The van der Waals surface area contributed by atoms with Crippen LogP contribution in [-0.2, 0) is 13.0 Å². The number of fused-ring (bicyclic) bond motifs is 1. The van der Waals surface area contributed by atoms with Crippen LogP contribution in [0.3, 0.4) is 0 Å². The molecule has 0 aromatic heterocycles. The number of carbonyl (C=O) groups is 1. The first-order chi connectivity index (χ1) is 8.27. The molecule has 1 N–H and O–H groups in total. The quantitative estimate of drug-likeness (QED) is 0.862. The smallest absolute Gasteiger partial charge is 0.254 e. The van der Waals surface area contributed by atoms with Gasteiger partial charge in [0.25, 0.3) is 5.91 Å². The molecule has 0 radical (unpaired) electrons. The predicted octanol–water partition coefficient (Wildman–Crippen LogP) is 1.81. The maximum Gasteiger partial charge on any atom is 0.254 e. The third kappa shape index (κ3) is 2.34. The number of carbonyl (C=O) groups excluding carboxylic acids is 1. The van der Waals surface area contributed by atoms with E-state index in [1.165, 1.54) is 11.1 Å². The Kier molecular flexibility index (Phi) is 3.79. The highest BCUT2D eigenvalue weighted by Gasteiger charge is 2.19. The van der Waals surface area contributed by atoms with Gasteiger partial charge in [0, 0.05) is 25.2 Å². The van der Waals surface area contributed by atoms with Crippen molar-refractivity contribution >= 4 is 5.91 Å². The summed E-state index contributed by atoms with van der Waals surface area (Å²) in [6.07, 6.45) is 0.957. The highest BCUT2D eigenvalue weighted by Crippen LogP contribution is 2.20. The Hall–Kier alpha value is -1.35. The maximum absolute atomic E-state index is 12.4. The molecule has 0 bridgehead atoms. The second-order valence-corrected chi connectivity index (χ2v) is 4.35. The Labute approximate surface area is 103 Å². The van der Waals surface area contributed by atoms with Crippen LogP contribution < -0.4 is 5.32 Å². The third-order valence-electron chi connectivity index (χ3n) is 3.42. The largest absolute Gasteiger partial charge is 0.339 e. The Bertz CT molecular complexity index is 411. The fraction of sp³-hybridized carbons (Fsp3) is 0.500. The zero-order valence-electron chi connectivity index (χ0n) is 10.6. The minimum absolute atomic E-state index is 0.175. The molecule has 1 aromatic carbocycles. The van der Waals surface area contributed by atoms with Gasteiger partial charge in [-0.15, -0.1) is 0 Å². The molecule has 1 amide bonds. The van der Waals surface area contributed by atoms with Crippen LogP contribution in [0.5, 0.6) is 0 Å². The van der Waals surface area contributed by atoms with Gasteiger partial charge in [0.15, 0.2) is 0 Å². The summed E-state index contributed by atoms with van der Waals surface area (Å²) in [5.41, 5.74) is 3.41. The predicted molar refractivity (Wildman–Crippen MR) is 69.1 cm³/mol. The van der Waals surface area contributed by atoms with Gasteiger partial charge in [-0.2, -0.15) is 0 Å². The molecule has 17 heavy (non-hydrogen) atoms. The van der Waals surface area contributed by atoms with Gasteiger partial charge in [0.2, 0.25) is 0 Å². The Morgan fingerprint density at radius 1 is 1.35 bits per heavy atom. The van der Waals surface area contributed by atoms with Crippen molar-refractivity contribution in [3.05, 3.63) is 34.9 Å². The molecule has 3 nitrogen and oxygen atoms in total. The zero-order chi connectivity index (χ0) is 12.3. The van der Waals surface area contributed by atoms with E-state index in [0.717, 1.165) is 38.2 Å². The summed E-state index contributed by atoms with van der Waals surface area (Å²) in [7, 11) is 0. The van der Waals surface area contributed by atoms with Crippen LogP contribution >= 0.6 is 0 Å². The van der Waals surface area contributed by atoms with E-state index < -0.39 is 0 Å². The Morgan fingerprint density at radius 3 is 2.82 bits per heavy atom. The number of nitrogens with one attached hydrogen (secondary N) is 1. The van der Waals surface area contributed by atoms with Crippen molar-refractivity contribution in [2.45, 2.75) is 26.8 Å². The number of amides is 1. The van der Waals surface area contributed by atoms with E-state index in [1.54, 1.807) is 0 Å². The molecule has 0 aliphatic carbocycles. The highest BCUT2D eigenvalue weighted by atomic mass is 16.2. The van der Waals surface area contributed by atoms with E-state index in [2.05, 4.69) is 11.4 Å². The van der Waals surface area contributed by atoms with Crippen molar-refractivity contribution in [2.75, 3.05) is 19.6 Å². The molecular formula is C14H20N2O. The van der Waals surface area contributed by atoms with Crippen molar-refractivity contribution in [3.63, 3.8) is 0 Å². The van der Waals surface area contributed by atoms with E-state index in [0.29, 0.717) is 0 Å². The first-order valence-electron chi connectivity index (χ1n) is 6.38. The number of hydrogen-bond acceptors (Lipinski definition) is 2. The lowest BCUT2D eigenvalue weighted by molar-refractivity contribution is 0.0771. The van der Waals surface area contributed by atoms with Gasteiger partial charge < -0.3 is 10.2 Å². The molecule has 0 unspecified atom stereocenters. The Balaban J connectivity index is 2.35. The third-order valence-corrected chi connectivity index (χ3v) is 3.42. The summed E-state index contributed by atoms with van der Waals surface area (Å²) >= 11 is 0. The van der Waals surface area contributed by atoms with Gasteiger partial charge in [-0.1, -0.05) is 12.1 Å². The van der Waals surface area contributed by atoms with E-state index in [1.807, 2.05) is 30.9 Å². The van der Waals surface area contributed by atoms with Gasteiger partial charge >= 0.3 is 0 Å². The standard InChI is InChI=1S/C14H20N2O/c1-3-16(4-2)14(17)13-7-5-6-11-10-15-9-8-12(11)13/h5-7,15H,3-4,8-10H2,1-2H3. The minimum atomic E-state index is 0.175. The second-order valence-electron chi connectivity index (χ2n) is 4.35. The van der Waals surface area contributed by atoms with Crippen molar-refractivity contribution in [2.24, 2.45) is 0 Å². The second kappa shape index (κ2) is 5.32. The van der Waals surface area contributed by atoms with Crippen LogP contribution in [0.25, 0.3) is 0 Å². The van der Waals surface area contributed by atoms with Crippen LogP contribution in [-0.4, -0.2) is 30.4 Å². The van der Waals surface area contributed by atoms with Gasteiger partial charge in [0.1, 0.15) is 0 Å². The van der Waals surface area contributed by atoms with Crippen LogP contribution in [0.4, 0.5) is 0 Å². The monoisotopic (exact) mass is 232 g/mol. The lowest BCUT2D eigenvalue weighted by Crippen LogP contribution is -2.33. The lowest BCUT2D eigenvalue weighted by Gasteiger charge is -2.24. The van der Waals surface area contributed by atoms with E-state index in [4.69, 9.17) is 0 Å². The molecule has 1 aliphatic rings. The highest BCUT2D eigenvalue weighted by molar-refractivity contribution is 5.96. The molecule has 92 valence electrons. The fourth-order valence-electron chi connectivity index (χ4n) is 2.41. The fourth-order valence-corrected chi connectivity index (χ4v) is 2.41. The number of hydrogen-bond donors (Lipinski definition) is 1. The average Bonchev–Trinajstić information content (AvgIpc) is 2.39. The van der Waals surface area contributed by atoms with Crippen molar-refractivity contribution in [3.8, 4) is 0 Å². The molecule has 0 spiro atoms. The molecular weight excluding hydrogens is 212 g/mol. The molecule has 1 aromatic rings. The molecule has 3 heteroatoms. The summed E-state index contributed by atoms with van der Waals surface area (Å²) in [5.74, 6) is 0.175. The molecule has 1 aliphatic heterocycles. The van der Waals surface area contributed by atoms with Crippen LogP contribution in [0.2, 0.25) is 0 Å². The van der Waals surface area contributed by atoms with Gasteiger partial charge in [-0.25, -0.2) is 0 Å². The first kappa shape index (κ1) is 12.1. The van der Waals surface area contributed by atoms with Crippen LogP contribution in [0.1, 0.15) is 35.3 Å². The minimum Gasteiger partial charge on any atom is -0.339 e. The van der Waals surface area contributed by atoms with Crippen LogP contribution in [0, 0.1) is 0 Å². The molecule has 0 saturated heterocycles. The van der Waals surface area contributed by atoms with E-state index >= 15 is 0 Å². The van der Waals surface area contributed by atoms with Crippen molar-refractivity contribution in [1.82, 2.24) is 10.2 Å². The summed E-state index contributed by atoms with van der Waals surface area (Å²) < 4.78 is 0. The van der Waals surface area contributed by atoms with Gasteiger partial charge in [-0.05, 0) is 44.0 Å². The summed E-state index contributed by atoms with van der Waals surface area (Å²) in [6, 6.07) is 6.06. The summed E-state index contributed by atoms with van der Waals surface area (Å²) in [6.45, 7) is 7.45. The van der Waals surface area contributed by atoms with E-state index in [9.17, 15) is 4.79 Å². The first-order valence-corrected chi connectivity index (χ1v) is 6.38. The average molecular weight is 232 g/mol. The summed E-state index contributed by atoms with van der Waals surface area (Å²) in [5, 5.41) is 3.34.